The number of aliphatic hydroxyl groups is 1. The molecule has 0 amide bonds. The second-order valence-electron chi connectivity index (χ2n) is 4.34. The summed E-state index contributed by atoms with van der Waals surface area (Å²) >= 11 is 5.96. The minimum absolute atomic E-state index is 0.0367. The van der Waals surface area contributed by atoms with Crippen LogP contribution in [-0.4, -0.2) is 25.0 Å². The van der Waals surface area contributed by atoms with Crippen molar-refractivity contribution >= 4 is 21.4 Å². The summed E-state index contributed by atoms with van der Waals surface area (Å²) in [5.74, 6) is -0.172. The average molecular weight is 261 g/mol. The molecule has 1 heterocycles. The zero-order valence-electron chi connectivity index (χ0n) is 8.90. The van der Waals surface area contributed by atoms with Crippen LogP contribution >= 0.6 is 11.6 Å². The number of aryl methyl sites for hydroxylation is 1. The van der Waals surface area contributed by atoms with E-state index in [0.717, 1.165) is 5.56 Å². The molecule has 1 N–H and O–H groups in total. The maximum absolute atomic E-state index is 11.4. The number of halogens is 1. The van der Waals surface area contributed by atoms with Crippen LogP contribution in [0.15, 0.2) is 18.2 Å². The Bertz CT molecular complexity index is 524. The molecule has 3 nitrogen and oxygen atoms in total. The Hall–Kier alpha value is -0.580. The minimum Gasteiger partial charge on any atom is -0.384 e. The van der Waals surface area contributed by atoms with Gasteiger partial charge in [-0.25, -0.2) is 8.42 Å². The van der Waals surface area contributed by atoms with E-state index in [-0.39, 0.29) is 17.9 Å². The molecule has 1 aliphatic rings. The van der Waals surface area contributed by atoms with E-state index in [1.165, 1.54) is 0 Å². The van der Waals surface area contributed by atoms with Gasteiger partial charge in [0.15, 0.2) is 9.84 Å². The van der Waals surface area contributed by atoms with E-state index in [4.69, 9.17) is 11.6 Å². The standard InChI is InChI=1S/C11H13ClO3S/c1-8-2-3-9(6-10(8)12)11(13)4-5-16(14,15)7-11/h2-3,6,13H,4-5,7H2,1H3. The van der Waals surface area contributed by atoms with Gasteiger partial charge in [-0.3, -0.25) is 0 Å². The lowest BCUT2D eigenvalue weighted by atomic mass is 9.93. The van der Waals surface area contributed by atoms with Crippen LogP contribution in [0.2, 0.25) is 5.02 Å². The van der Waals surface area contributed by atoms with Crippen molar-refractivity contribution in [3.8, 4) is 0 Å². The van der Waals surface area contributed by atoms with Crippen LogP contribution in [0.4, 0.5) is 0 Å². The van der Waals surface area contributed by atoms with Gasteiger partial charge in [-0.15, -0.1) is 0 Å². The molecule has 16 heavy (non-hydrogen) atoms. The summed E-state index contributed by atoms with van der Waals surface area (Å²) in [4.78, 5) is 0. The summed E-state index contributed by atoms with van der Waals surface area (Å²) in [6, 6.07) is 5.18. The summed E-state index contributed by atoms with van der Waals surface area (Å²) < 4.78 is 22.8. The minimum atomic E-state index is -3.12. The zero-order chi connectivity index (χ0) is 12.0. The van der Waals surface area contributed by atoms with Crippen LogP contribution in [0.1, 0.15) is 17.5 Å². The van der Waals surface area contributed by atoms with Crippen LogP contribution in [0.25, 0.3) is 0 Å². The molecule has 1 saturated heterocycles. The summed E-state index contributed by atoms with van der Waals surface area (Å²) in [6.07, 6.45) is 0.245. The molecule has 0 spiro atoms. The Kier molecular flexibility index (Phi) is 2.77. The third-order valence-electron chi connectivity index (χ3n) is 2.99. The molecule has 0 saturated carbocycles. The smallest absolute Gasteiger partial charge is 0.153 e. The number of benzene rings is 1. The van der Waals surface area contributed by atoms with Gasteiger partial charge in [0.05, 0.1) is 11.5 Å². The van der Waals surface area contributed by atoms with Crippen molar-refractivity contribution in [1.82, 2.24) is 0 Å². The van der Waals surface area contributed by atoms with Crippen molar-refractivity contribution in [2.75, 3.05) is 11.5 Å². The molecule has 88 valence electrons. The van der Waals surface area contributed by atoms with Gasteiger partial charge in [0.25, 0.3) is 0 Å². The van der Waals surface area contributed by atoms with Crippen LogP contribution in [-0.2, 0) is 15.4 Å². The molecule has 0 bridgehead atoms. The van der Waals surface area contributed by atoms with E-state index in [0.29, 0.717) is 10.6 Å². The maximum atomic E-state index is 11.4. The van der Waals surface area contributed by atoms with Crippen LogP contribution in [0.3, 0.4) is 0 Å². The summed E-state index contributed by atoms with van der Waals surface area (Å²) in [7, 11) is -3.12. The van der Waals surface area contributed by atoms with E-state index in [9.17, 15) is 13.5 Å². The summed E-state index contributed by atoms with van der Waals surface area (Å²) in [5.41, 5.74) is 0.231. The molecule has 1 atom stereocenters. The number of rotatable bonds is 1. The SMILES string of the molecule is Cc1ccc(C2(O)CCS(=O)(=O)C2)cc1Cl. The van der Waals surface area contributed by atoms with E-state index in [1.807, 2.05) is 6.92 Å². The Morgan fingerprint density at radius 2 is 2.12 bits per heavy atom. The fourth-order valence-corrected chi connectivity index (χ4v) is 3.95. The maximum Gasteiger partial charge on any atom is 0.153 e. The first-order chi connectivity index (χ1) is 7.32. The molecule has 1 aromatic rings. The Balaban J connectivity index is 2.41. The van der Waals surface area contributed by atoms with Gasteiger partial charge in [0.1, 0.15) is 5.60 Å². The topological polar surface area (TPSA) is 54.4 Å². The Labute approximate surface area is 100.0 Å². The van der Waals surface area contributed by atoms with Crippen molar-refractivity contribution < 1.29 is 13.5 Å². The van der Waals surface area contributed by atoms with Gasteiger partial charge in [0.2, 0.25) is 0 Å². The van der Waals surface area contributed by atoms with Gasteiger partial charge in [0, 0.05) is 5.02 Å². The van der Waals surface area contributed by atoms with Gasteiger partial charge in [-0.05, 0) is 30.5 Å². The Morgan fingerprint density at radius 1 is 1.44 bits per heavy atom. The van der Waals surface area contributed by atoms with Crippen molar-refractivity contribution in [2.24, 2.45) is 0 Å². The van der Waals surface area contributed by atoms with Gasteiger partial charge in [-0.2, -0.15) is 0 Å². The van der Waals surface area contributed by atoms with E-state index in [1.54, 1.807) is 18.2 Å². The molecule has 1 fully saturated rings. The van der Waals surface area contributed by atoms with Gasteiger partial charge in [-0.1, -0.05) is 23.7 Å². The molecular weight excluding hydrogens is 248 g/mol. The molecule has 0 aliphatic carbocycles. The highest BCUT2D eigenvalue weighted by Gasteiger charge is 2.41. The second kappa shape index (κ2) is 3.72. The number of hydrogen-bond acceptors (Lipinski definition) is 3. The lowest BCUT2D eigenvalue weighted by molar-refractivity contribution is 0.0653. The molecule has 0 radical (unpaired) electrons. The number of sulfone groups is 1. The fourth-order valence-electron chi connectivity index (χ4n) is 1.94. The van der Waals surface area contributed by atoms with Crippen molar-refractivity contribution in [3.63, 3.8) is 0 Å². The third kappa shape index (κ3) is 2.10. The van der Waals surface area contributed by atoms with Crippen LogP contribution in [0, 0.1) is 6.92 Å². The molecular formula is C11H13ClO3S. The molecule has 0 aromatic heterocycles. The van der Waals surface area contributed by atoms with Crippen LogP contribution < -0.4 is 0 Å². The quantitative estimate of drug-likeness (QED) is 0.836. The lowest BCUT2D eigenvalue weighted by Crippen LogP contribution is -2.26. The summed E-state index contributed by atoms with van der Waals surface area (Å²) in [6.45, 7) is 1.86. The predicted molar refractivity (Wildman–Crippen MR) is 63.4 cm³/mol. The highest BCUT2D eigenvalue weighted by molar-refractivity contribution is 7.91. The first-order valence-electron chi connectivity index (χ1n) is 5.02. The van der Waals surface area contributed by atoms with Crippen molar-refractivity contribution in [2.45, 2.75) is 18.9 Å². The van der Waals surface area contributed by atoms with E-state index < -0.39 is 15.4 Å². The van der Waals surface area contributed by atoms with Crippen LogP contribution in [0.5, 0.6) is 0 Å². The van der Waals surface area contributed by atoms with Crippen molar-refractivity contribution in [3.05, 3.63) is 34.3 Å². The van der Waals surface area contributed by atoms with Crippen molar-refractivity contribution in [1.29, 1.82) is 0 Å². The summed E-state index contributed by atoms with van der Waals surface area (Å²) in [5, 5.41) is 10.8. The second-order valence-corrected chi connectivity index (χ2v) is 6.93. The predicted octanol–water partition coefficient (Wildman–Crippen LogP) is 1.65. The molecule has 1 unspecified atom stereocenters. The normalized spacial score (nSPS) is 28.2. The molecule has 1 aliphatic heterocycles. The highest BCUT2D eigenvalue weighted by Crippen LogP contribution is 2.35. The highest BCUT2D eigenvalue weighted by atomic mass is 35.5. The zero-order valence-corrected chi connectivity index (χ0v) is 10.5. The largest absolute Gasteiger partial charge is 0.384 e. The van der Waals surface area contributed by atoms with E-state index >= 15 is 0 Å². The van der Waals surface area contributed by atoms with Gasteiger partial charge >= 0.3 is 0 Å². The molecule has 2 rings (SSSR count). The molecule has 1 aromatic carbocycles. The van der Waals surface area contributed by atoms with Gasteiger partial charge < -0.3 is 5.11 Å². The number of hydrogen-bond donors (Lipinski definition) is 1. The van der Waals surface area contributed by atoms with E-state index in [2.05, 4.69) is 0 Å². The molecule has 5 heteroatoms. The monoisotopic (exact) mass is 260 g/mol. The first kappa shape index (κ1) is 11.9. The average Bonchev–Trinajstić information content (AvgIpc) is 2.47. The first-order valence-corrected chi connectivity index (χ1v) is 7.22. The fraction of sp³-hybridized carbons (Fsp3) is 0.455. The Morgan fingerprint density at radius 3 is 2.62 bits per heavy atom. The lowest BCUT2D eigenvalue weighted by Gasteiger charge is -2.21. The third-order valence-corrected chi connectivity index (χ3v) is 5.15.